The summed E-state index contributed by atoms with van der Waals surface area (Å²) < 4.78 is 0. The van der Waals surface area contributed by atoms with E-state index in [0.29, 0.717) is 5.92 Å². The largest absolute Gasteiger partial charge is 0.352 e. The zero-order chi connectivity index (χ0) is 13.2. The van der Waals surface area contributed by atoms with Gasteiger partial charge in [-0.15, -0.1) is 0 Å². The van der Waals surface area contributed by atoms with Crippen LogP contribution in [0.5, 0.6) is 0 Å². The second kappa shape index (κ2) is 5.33. The number of likely N-dealkylation sites (tertiary alicyclic amines) is 1. The fraction of sp³-hybridized carbons (Fsp3) is 0.562. The molecule has 3 nitrogen and oxygen atoms in total. The van der Waals surface area contributed by atoms with Crippen LogP contribution in [0.3, 0.4) is 0 Å². The molecular weight excluding hydrogens is 236 g/mol. The first-order chi connectivity index (χ1) is 9.22. The molecule has 0 bridgehead atoms. The van der Waals surface area contributed by atoms with Crippen molar-refractivity contribution in [1.82, 2.24) is 10.2 Å². The number of carbonyl (C=O) groups is 1. The molecule has 1 N–H and O–H groups in total. The lowest BCUT2D eigenvalue weighted by molar-refractivity contribution is 0.0947. The van der Waals surface area contributed by atoms with Crippen molar-refractivity contribution in [3.8, 4) is 0 Å². The van der Waals surface area contributed by atoms with Gasteiger partial charge in [-0.3, -0.25) is 4.79 Å². The van der Waals surface area contributed by atoms with Crippen molar-refractivity contribution < 1.29 is 4.79 Å². The van der Waals surface area contributed by atoms with E-state index < -0.39 is 0 Å². The van der Waals surface area contributed by atoms with Gasteiger partial charge in [0.25, 0.3) is 5.91 Å². The normalized spacial score (nSPS) is 23.5. The predicted octanol–water partition coefficient (Wildman–Crippen LogP) is 2.21. The number of nitrogens with one attached hydrogen (secondary N) is 1. The Hall–Kier alpha value is -1.35. The molecule has 1 saturated heterocycles. The molecule has 1 unspecified atom stereocenters. The number of amides is 1. The molecule has 1 heterocycles. The number of aryl methyl sites for hydroxylation is 1. The van der Waals surface area contributed by atoms with Crippen LogP contribution in [-0.4, -0.2) is 36.5 Å². The van der Waals surface area contributed by atoms with Gasteiger partial charge in [0.05, 0.1) is 0 Å². The van der Waals surface area contributed by atoms with Crippen LogP contribution >= 0.6 is 0 Å². The number of rotatable bonds is 4. The minimum absolute atomic E-state index is 0.0601. The summed E-state index contributed by atoms with van der Waals surface area (Å²) in [5.41, 5.74) is 1.95. The maximum atomic E-state index is 12.0. The Kier molecular flexibility index (Phi) is 3.56. The van der Waals surface area contributed by atoms with Crippen molar-refractivity contribution in [2.75, 3.05) is 19.6 Å². The monoisotopic (exact) mass is 258 g/mol. The van der Waals surface area contributed by atoms with E-state index >= 15 is 0 Å². The van der Waals surface area contributed by atoms with E-state index in [-0.39, 0.29) is 5.91 Å². The third-order valence-electron chi connectivity index (χ3n) is 4.25. The van der Waals surface area contributed by atoms with E-state index in [1.54, 1.807) is 0 Å². The van der Waals surface area contributed by atoms with Crippen molar-refractivity contribution >= 4 is 5.91 Å². The van der Waals surface area contributed by atoms with Gasteiger partial charge in [0.2, 0.25) is 0 Å². The molecule has 2 aliphatic rings. The molecule has 2 fully saturated rings. The summed E-state index contributed by atoms with van der Waals surface area (Å²) in [7, 11) is 0. The van der Waals surface area contributed by atoms with Gasteiger partial charge >= 0.3 is 0 Å². The van der Waals surface area contributed by atoms with Gasteiger partial charge < -0.3 is 10.2 Å². The van der Waals surface area contributed by atoms with Crippen LogP contribution < -0.4 is 5.32 Å². The van der Waals surface area contributed by atoms with Gasteiger partial charge in [-0.25, -0.2) is 0 Å². The van der Waals surface area contributed by atoms with E-state index in [1.165, 1.54) is 37.9 Å². The SMILES string of the molecule is Cc1ccc(C(=O)NCC2CCN(C3CC3)C2)cc1. The zero-order valence-electron chi connectivity index (χ0n) is 11.6. The first-order valence-electron chi connectivity index (χ1n) is 7.31. The van der Waals surface area contributed by atoms with Crippen LogP contribution in [0.2, 0.25) is 0 Å². The Morgan fingerprint density at radius 1 is 1.26 bits per heavy atom. The Labute approximate surface area is 115 Å². The second-order valence-electron chi connectivity index (χ2n) is 5.96. The number of carbonyl (C=O) groups excluding carboxylic acids is 1. The van der Waals surface area contributed by atoms with Gasteiger partial charge in [0.15, 0.2) is 0 Å². The first-order valence-corrected chi connectivity index (χ1v) is 7.31. The summed E-state index contributed by atoms with van der Waals surface area (Å²) in [5, 5.41) is 3.07. The minimum Gasteiger partial charge on any atom is -0.352 e. The molecule has 1 aliphatic carbocycles. The molecule has 0 radical (unpaired) electrons. The van der Waals surface area contributed by atoms with Gasteiger partial charge in [-0.05, 0) is 50.8 Å². The highest BCUT2D eigenvalue weighted by Crippen LogP contribution is 2.31. The van der Waals surface area contributed by atoms with Crippen LogP contribution in [0, 0.1) is 12.8 Å². The van der Waals surface area contributed by atoms with E-state index in [0.717, 1.165) is 18.2 Å². The Bertz CT molecular complexity index is 450. The lowest BCUT2D eigenvalue weighted by Gasteiger charge is -2.15. The third kappa shape index (κ3) is 3.16. The van der Waals surface area contributed by atoms with Crippen molar-refractivity contribution in [1.29, 1.82) is 0 Å². The van der Waals surface area contributed by atoms with Crippen LogP contribution in [0.15, 0.2) is 24.3 Å². The highest BCUT2D eigenvalue weighted by molar-refractivity contribution is 5.94. The predicted molar refractivity (Wildman–Crippen MR) is 76.2 cm³/mol. The smallest absolute Gasteiger partial charge is 0.251 e. The molecule has 1 atom stereocenters. The highest BCUT2D eigenvalue weighted by Gasteiger charge is 2.34. The summed E-state index contributed by atoms with van der Waals surface area (Å²) in [6.07, 6.45) is 3.98. The average molecular weight is 258 g/mol. The van der Waals surface area contributed by atoms with E-state index in [4.69, 9.17) is 0 Å². The standard InChI is InChI=1S/C16H22N2O/c1-12-2-4-14(5-3-12)16(19)17-10-13-8-9-18(11-13)15-6-7-15/h2-5,13,15H,6-11H2,1H3,(H,17,19). The molecule has 1 amide bonds. The van der Waals surface area contributed by atoms with Crippen LogP contribution in [0.4, 0.5) is 0 Å². The lowest BCUT2D eigenvalue weighted by atomic mass is 10.1. The topological polar surface area (TPSA) is 32.3 Å². The first kappa shape index (κ1) is 12.7. The maximum Gasteiger partial charge on any atom is 0.251 e. The molecule has 1 saturated carbocycles. The van der Waals surface area contributed by atoms with Crippen LogP contribution in [0.25, 0.3) is 0 Å². The summed E-state index contributed by atoms with van der Waals surface area (Å²) in [6.45, 7) is 5.23. The molecular formula is C16H22N2O. The molecule has 1 aromatic carbocycles. The van der Waals surface area contributed by atoms with Crippen LogP contribution in [-0.2, 0) is 0 Å². The third-order valence-corrected chi connectivity index (χ3v) is 4.25. The summed E-state index contributed by atoms with van der Waals surface area (Å²) in [4.78, 5) is 14.6. The molecule has 1 aliphatic heterocycles. The van der Waals surface area contributed by atoms with Gasteiger partial charge in [0, 0.05) is 24.7 Å². The summed E-state index contributed by atoms with van der Waals surface area (Å²) in [6, 6.07) is 8.63. The lowest BCUT2D eigenvalue weighted by Crippen LogP contribution is -2.31. The molecule has 102 valence electrons. The van der Waals surface area contributed by atoms with Crippen molar-refractivity contribution in [3.05, 3.63) is 35.4 Å². The molecule has 0 spiro atoms. The molecule has 3 heteroatoms. The van der Waals surface area contributed by atoms with E-state index in [1.807, 2.05) is 31.2 Å². The van der Waals surface area contributed by atoms with Crippen molar-refractivity contribution in [2.45, 2.75) is 32.2 Å². The summed E-state index contributed by atoms with van der Waals surface area (Å²) >= 11 is 0. The Morgan fingerprint density at radius 2 is 2.00 bits per heavy atom. The fourth-order valence-corrected chi connectivity index (χ4v) is 2.84. The summed E-state index contributed by atoms with van der Waals surface area (Å²) in [5.74, 6) is 0.694. The molecule has 1 aromatic rings. The van der Waals surface area contributed by atoms with Gasteiger partial charge in [0.1, 0.15) is 0 Å². The molecule has 19 heavy (non-hydrogen) atoms. The number of nitrogens with zero attached hydrogens (tertiary/aromatic N) is 1. The van der Waals surface area contributed by atoms with Gasteiger partial charge in [-0.1, -0.05) is 17.7 Å². The second-order valence-corrected chi connectivity index (χ2v) is 5.96. The average Bonchev–Trinajstić information content (AvgIpc) is 3.16. The Morgan fingerprint density at radius 3 is 2.68 bits per heavy atom. The number of hydrogen-bond acceptors (Lipinski definition) is 2. The Balaban J connectivity index is 1.46. The quantitative estimate of drug-likeness (QED) is 0.898. The zero-order valence-corrected chi connectivity index (χ0v) is 11.6. The highest BCUT2D eigenvalue weighted by atomic mass is 16.1. The molecule has 3 rings (SSSR count). The van der Waals surface area contributed by atoms with Gasteiger partial charge in [-0.2, -0.15) is 0 Å². The van der Waals surface area contributed by atoms with E-state index in [9.17, 15) is 4.79 Å². The molecule has 0 aromatic heterocycles. The van der Waals surface area contributed by atoms with Crippen molar-refractivity contribution in [3.63, 3.8) is 0 Å². The number of hydrogen-bond donors (Lipinski definition) is 1. The van der Waals surface area contributed by atoms with E-state index in [2.05, 4.69) is 10.2 Å². The fourth-order valence-electron chi connectivity index (χ4n) is 2.84. The minimum atomic E-state index is 0.0601. The number of benzene rings is 1. The maximum absolute atomic E-state index is 12.0. The van der Waals surface area contributed by atoms with Crippen LogP contribution in [0.1, 0.15) is 35.2 Å². The van der Waals surface area contributed by atoms with Crippen molar-refractivity contribution in [2.24, 2.45) is 5.92 Å².